The van der Waals surface area contributed by atoms with E-state index >= 15 is 0 Å². The van der Waals surface area contributed by atoms with E-state index in [-0.39, 0.29) is 5.91 Å². The Morgan fingerprint density at radius 3 is 2.76 bits per heavy atom. The number of amides is 1. The molecular formula is C18H22N2O. The van der Waals surface area contributed by atoms with E-state index in [4.69, 9.17) is 0 Å². The first-order chi connectivity index (χ1) is 10.1. The molecule has 1 aromatic rings. The van der Waals surface area contributed by atoms with Crippen LogP contribution in [0.2, 0.25) is 0 Å². The van der Waals surface area contributed by atoms with Crippen LogP contribution in [0.5, 0.6) is 0 Å². The largest absolute Gasteiger partial charge is 0.273 e. The molecule has 1 aromatic carbocycles. The monoisotopic (exact) mass is 282 g/mol. The summed E-state index contributed by atoms with van der Waals surface area (Å²) in [5.74, 6) is 0.345. The lowest BCUT2D eigenvalue weighted by atomic mass is 9.85. The molecular weight excluding hydrogens is 260 g/mol. The van der Waals surface area contributed by atoms with Crippen molar-refractivity contribution in [3.05, 3.63) is 59.7 Å². The second-order valence-corrected chi connectivity index (χ2v) is 5.63. The lowest BCUT2D eigenvalue weighted by molar-refractivity contribution is -0.120. The fraction of sp³-hybridized carbons (Fsp3) is 0.333. The smallest absolute Gasteiger partial charge is 0.244 e. The van der Waals surface area contributed by atoms with Crippen LogP contribution in [-0.2, 0) is 11.2 Å². The molecule has 0 spiro atoms. The predicted octanol–water partition coefficient (Wildman–Crippen LogP) is 3.63. The van der Waals surface area contributed by atoms with Crippen molar-refractivity contribution in [3.63, 3.8) is 0 Å². The highest BCUT2D eigenvalue weighted by Gasteiger charge is 2.18. The number of carbonyl (C=O) groups is 1. The molecule has 2 rings (SSSR count). The SMILES string of the molecule is C=C(C)[C@@H]1CC=C(C)/C(=N\NC(=O)Cc2ccccc2)C1. The van der Waals surface area contributed by atoms with Gasteiger partial charge < -0.3 is 0 Å². The van der Waals surface area contributed by atoms with Crippen LogP contribution >= 0.6 is 0 Å². The normalized spacial score (nSPS) is 20.0. The topological polar surface area (TPSA) is 41.5 Å². The number of carbonyl (C=O) groups excluding carboxylic acids is 1. The summed E-state index contributed by atoms with van der Waals surface area (Å²) in [5, 5.41) is 4.30. The summed E-state index contributed by atoms with van der Waals surface area (Å²) < 4.78 is 0. The lowest BCUT2D eigenvalue weighted by Crippen LogP contribution is -2.24. The average molecular weight is 282 g/mol. The van der Waals surface area contributed by atoms with Crippen LogP contribution in [-0.4, -0.2) is 11.6 Å². The van der Waals surface area contributed by atoms with Crippen molar-refractivity contribution in [3.8, 4) is 0 Å². The minimum absolute atomic E-state index is 0.0843. The zero-order valence-electron chi connectivity index (χ0n) is 12.7. The highest BCUT2D eigenvalue weighted by atomic mass is 16.2. The van der Waals surface area contributed by atoms with Crippen LogP contribution in [0.1, 0.15) is 32.3 Å². The van der Waals surface area contributed by atoms with E-state index in [0.29, 0.717) is 12.3 Å². The maximum absolute atomic E-state index is 11.9. The summed E-state index contributed by atoms with van der Waals surface area (Å²) in [6.45, 7) is 8.10. The molecule has 1 atom stereocenters. The van der Waals surface area contributed by atoms with Crippen LogP contribution in [0.25, 0.3) is 0 Å². The number of hydrogen-bond donors (Lipinski definition) is 1. The van der Waals surface area contributed by atoms with Crippen LogP contribution in [0.3, 0.4) is 0 Å². The third-order valence-electron chi connectivity index (χ3n) is 3.82. The fourth-order valence-electron chi connectivity index (χ4n) is 2.37. The van der Waals surface area contributed by atoms with Gasteiger partial charge in [0.15, 0.2) is 0 Å². The van der Waals surface area contributed by atoms with Gasteiger partial charge in [0.25, 0.3) is 0 Å². The summed E-state index contributed by atoms with van der Waals surface area (Å²) in [6.07, 6.45) is 4.39. The molecule has 21 heavy (non-hydrogen) atoms. The Morgan fingerprint density at radius 1 is 1.38 bits per heavy atom. The van der Waals surface area contributed by atoms with Crippen molar-refractivity contribution >= 4 is 11.6 Å². The molecule has 1 N–H and O–H groups in total. The van der Waals surface area contributed by atoms with E-state index in [2.05, 4.69) is 23.2 Å². The van der Waals surface area contributed by atoms with Crippen molar-refractivity contribution in [1.29, 1.82) is 0 Å². The van der Waals surface area contributed by atoms with Crippen LogP contribution < -0.4 is 5.43 Å². The summed E-state index contributed by atoms with van der Waals surface area (Å²) in [7, 11) is 0. The Morgan fingerprint density at radius 2 is 2.10 bits per heavy atom. The van der Waals surface area contributed by atoms with Crippen molar-refractivity contribution in [2.75, 3.05) is 0 Å². The summed E-state index contributed by atoms with van der Waals surface area (Å²) in [5.41, 5.74) is 6.93. The van der Waals surface area contributed by atoms with Gasteiger partial charge in [-0.1, -0.05) is 48.6 Å². The Bertz CT molecular complexity index is 584. The predicted molar refractivity (Wildman–Crippen MR) is 87.0 cm³/mol. The van der Waals surface area contributed by atoms with Gasteiger partial charge in [-0.2, -0.15) is 5.10 Å². The second-order valence-electron chi connectivity index (χ2n) is 5.63. The number of hydrazone groups is 1. The Balaban J connectivity index is 1.96. The fourth-order valence-corrected chi connectivity index (χ4v) is 2.37. The molecule has 0 aromatic heterocycles. The van der Waals surface area contributed by atoms with Gasteiger partial charge in [-0.25, -0.2) is 5.43 Å². The van der Waals surface area contributed by atoms with Gasteiger partial charge in [-0.3, -0.25) is 4.79 Å². The lowest BCUT2D eigenvalue weighted by Gasteiger charge is -2.22. The van der Waals surface area contributed by atoms with Gasteiger partial charge in [0.2, 0.25) is 5.91 Å². The molecule has 1 aliphatic carbocycles. The molecule has 0 radical (unpaired) electrons. The molecule has 0 heterocycles. The van der Waals surface area contributed by atoms with Crippen LogP contribution in [0.4, 0.5) is 0 Å². The van der Waals surface area contributed by atoms with Crippen molar-refractivity contribution in [2.45, 2.75) is 33.1 Å². The van der Waals surface area contributed by atoms with E-state index < -0.39 is 0 Å². The van der Waals surface area contributed by atoms with Gasteiger partial charge in [0, 0.05) is 0 Å². The molecule has 0 bridgehead atoms. The molecule has 0 aliphatic heterocycles. The van der Waals surface area contributed by atoms with E-state index in [1.807, 2.05) is 44.2 Å². The van der Waals surface area contributed by atoms with Gasteiger partial charge in [0.05, 0.1) is 12.1 Å². The van der Waals surface area contributed by atoms with Gasteiger partial charge in [-0.15, -0.1) is 0 Å². The Labute approximate surface area is 126 Å². The number of benzene rings is 1. The Hall–Kier alpha value is -2.16. The van der Waals surface area contributed by atoms with E-state index in [0.717, 1.165) is 29.7 Å². The highest BCUT2D eigenvalue weighted by molar-refractivity contribution is 6.01. The van der Waals surface area contributed by atoms with Crippen molar-refractivity contribution in [2.24, 2.45) is 11.0 Å². The highest BCUT2D eigenvalue weighted by Crippen LogP contribution is 2.26. The summed E-state index contributed by atoms with van der Waals surface area (Å²) >= 11 is 0. The summed E-state index contributed by atoms with van der Waals surface area (Å²) in [6, 6.07) is 9.68. The molecule has 1 aliphatic rings. The Kier molecular flexibility index (Phi) is 5.09. The number of nitrogens with zero attached hydrogens (tertiary/aromatic N) is 1. The van der Waals surface area contributed by atoms with Crippen molar-refractivity contribution < 1.29 is 4.79 Å². The van der Waals surface area contributed by atoms with Crippen LogP contribution in [0, 0.1) is 5.92 Å². The molecule has 110 valence electrons. The van der Waals surface area contributed by atoms with Crippen molar-refractivity contribution in [1.82, 2.24) is 5.43 Å². The number of nitrogens with one attached hydrogen (secondary N) is 1. The van der Waals surface area contributed by atoms with E-state index in [1.54, 1.807) is 0 Å². The third-order valence-corrected chi connectivity index (χ3v) is 3.82. The van der Waals surface area contributed by atoms with Gasteiger partial charge in [0.1, 0.15) is 0 Å². The molecule has 3 nitrogen and oxygen atoms in total. The first-order valence-electron chi connectivity index (χ1n) is 7.28. The maximum atomic E-state index is 11.9. The van der Waals surface area contributed by atoms with E-state index in [1.165, 1.54) is 5.57 Å². The molecule has 1 amide bonds. The average Bonchev–Trinajstić information content (AvgIpc) is 2.47. The maximum Gasteiger partial charge on any atom is 0.244 e. The number of hydrogen-bond acceptors (Lipinski definition) is 2. The zero-order chi connectivity index (χ0) is 15.2. The summed E-state index contributed by atoms with van der Waals surface area (Å²) in [4.78, 5) is 11.9. The first-order valence-corrected chi connectivity index (χ1v) is 7.28. The molecule has 0 saturated heterocycles. The molecule has 3 heteroatoms. The minimum atomic E-state index is -0.0843. The molecule has 0 unspecified atom stereocenters. The molecule has 0 saturated carbocycles. The van der Waals surface area contributed by atoms with Crippen LogP contribution in [0.15, 0.2) is 59.2 Å². The van der Waals surface area contributed by atoms with Gasteiger partial charge in [-0.05, 0) is 43.7 Å². The first kappa shape index (κ1) is 15.2. The number of rotatable bonds is 4. The standard InChI is InChI=1S/C18H22N2O/c1-13(2)16-10-9-14(3)17(12-16)19-20-18(21)11-15-7-5-4-6-8-15/h4-9,16H,1,10-12H2,2-3H3,(H,20,21)/b19-17-/t16-/m1/s1. The minimum Gasteiger partial charge on any atom is -0.273 e. The number of allylic oxidation sites excluding steroid dienone is 3. The van der Waals surface area contributed by atoms with E-state index in [9.17, 15) is 4.79 Å². The van der Waals surface area contributed by atoms with Gasteiger partial charge >= 0.3 is 0 Å². The molecule has 0 fully saturated rings. The zero-order valence-corrected chi connectivity index (χ0v) is 12.7. The third kappa shape index (κ3) is 4.42. The quantitative estimate of drug-likeness (QED) is 0.665. The second kappa shape index (κ2) is 7.02.